The second-order valence-corrected chi connectivity index (χ2v) is 5.82. The SMILES string of the molecule is C=CC(=O)Oc1ccc(-c2nc3ccccc3s2)c(CC)c1. The van der Waals surface area contributed by atoms with Gasteiger partial charge in [0.25, 0.3) is 0 Å². The molecular weight excluding hydrogens is 294 g/mol. The van der Waals surface area contributed by atoms with Gasteiger partial charge in [0.05, 0.1) is 10.2 Å². The van der Waals surface area contributed by atoms with Crippen LogP contribution < -0.4 is 4.74 Å². The number of hydrogen-bond acceptors (Lipinski definition) is 4. The highest BCUT2D eigenvalue weighted by Gasteiger charge is 2.11. The van der Waals surface area contributed by atoms with Crippen molar-refractivity contribution in [1.82, 2.24) is 4.98 Å². The van der Waals surface area contributed by atoms with Crippen LogP contribution in [0.1, 0.15) is 12.5 Å². The monoisotopic (exact) mass is 309 g/mol. The van der Waals surface area contributed by atoms with Crippen LogP contribution in [-0.4, -0.2) is 11.0 Å². The summed E-state index contributed by atoms with van der Waals surface area (Å²) in [4.78, 5) is 16.0. The van der Waals surface area contributed by atoms with E-state index >= 15 is 0 Å². The van der Waals surface area contributed by atoms with E-state index in [-0.39, 0.29) is 0 Å². The van der Waals surface area contributed by atoms with Gasteiger partial charge < -0.3 is 4.74 Å². The highest BCUT2D eigenvalue weighted by molar-refractivity contribution is 7.21. The number of nitrogens with zero attached hydrogens (tertiary/aromatic N) is 1. The molecule has 0 spiro atoms. The number of carbonyl (C=O) groups excluding carboxylic acids is 1. The Morgan fingerprint density at radius 3 is 2.86 bits per heavy atom. The zero-order chi connectivity index (χ0) is 15.5. The van der Waals surface area contributed by atoms with Crippen LogP contribution >= 0.6 is 11.3 Å². The minimum Gasteiger partial charge on any atom is -0.423 e. The van der Waals surface area contributed by atoms with Gasteiger partial charge in [-0.15, -0.1) is 11.3 Å². The summed E-state index contributed by atoms with van der Waals surface area (Å²) in [5, 5.41) is 0.986. The van der Waals surface area contributed by atoms with Crippen LogP contribution in [0.25, 0.3) is 20.8 Å². The molecule has 1 aromatic heterocycles. The van der Waals surface area contributed by atoms with Gasteiger partial charge in [-0.25, -0.2) is 9.78 Å². The fourth-order valence-electron chi connectivity index (χ4n) is 2.28. The number of carbonyl (C=O) groups is 1. The van der Waals surface area contributed by atoms with E-state index in [9.17, 15) is 4.79 Å². The maximum absolute atomic E-state index is 11.3. The molecule has 0 aliphatic rings. The van der Waals surface area contributed by atoms with E-state index in [1.54, 1.807) is 17.4 Å². The molecule has 0 atom stereocenters. The number of ether oxygens (including phenoxy) is 1. The van der Waals surface area contributed by atoms with Crippen molar-refractivity contribution >= 4 is 27.5 Å². The topological polar surface area (TPSA) is 39.2 Å². The third-order valence-electron chi connectivity index (χ3n) is 3.37. The molecule has 0 aliphatic heterocycles. The normalized spacial score (nSPS) is 10.6. The number of aromatic nitrogens is 1. The van der Waals surface area contributed by atoms with Gasteiger partial charge in [0.2, 0.25) is 0 Å². The Bertz CT molecular complexity index is 818. The van der Waals surface area contributed by atoms with Gasteiger partial charge in [0.1, 0.15) is 10.8 Å². The average Bonchev–Trinajstić information content (AvgIpc) is 2.98. The fourth-order valence-corrected chi connectivity index (χ4v) is 3.31. The summed E-state index contributed by atoms with van der Waals surface area (Å²) in [6, 6.07) is 13.7. The fraction of sp³-hybridized carbons (Fsp3) is 0.111. The van der Waals surface area contributed by atoms with Crippen molar-refractivity contribution in [1.29, 1.82) is 0 Å². The molecule has 0 fully saturated rings. The lowest BCUT2D eigenvalue weighted by molar-refractivity contribution is -0.128. The highest BCUT2D eigenvalue weighted by atomic mass is 32.1. The van der Waals surface area contributed by atoms with Crippen molar-refractivity contribution in [2.45, 2.75) is 13.3 Å². The van der Waals surface area contributed by atoms with Crippen LogP contribution in [0, 0.1) is 0 Å². The molecule has 0 N–H and O–H groups in total. The van der Waals surface area contributed by atoms with E-state index in [1.165, 1.54) is 4.70 Å². The van der Waals surface area contributed by atoms with Crippen LogP contribution in [0.3, 0.4) is 0 Å². The summed E-state index contributed by atoms with van der Waals surface area (Å²) in [6.45, 7) is 5.48. The molecule has 0 bridgehead atoms. The van der Waals surface area contributed by atoms with E-state index in [4.69, 9.17) is 9.72 Å². The second kappa shape index (κ2) is 6.12. The Labute approximate surface area is 132 Å². The van der Waals surface area contributed by atoms with Crippen molar-refractivity contribution in [3.8, 4) is 16.3 Å². The molecule has 0 saturated carbocycles. The molecule has 3 nitrogen and oxygen atoms in total. The quantitative estimate of drug-likeness (QED) is 0.401. The lowest BCUT2D eigenvalue weighted by Gasteiger charge is -2.08. The molecule has 3 aromatic rings. The molecule has 22 heavy (non-hydrogen) atoms. The first kappa shape index (κ1) is 14.5. The van der Waals surface area contributed by atoms with Crippen LogP contribution in [0.4, 0.5) is 0 Å². The summed E-state index contributed by atoms with van der Waals surface area (Å²) >= 11 is 1.67. The first-order chi connectivity index (χ1) is 10.7. The van der Waals surface area contributed by atoms with Gasteiger partial charge >= 0.3 is 5.97 Å². The molecule has 0 radical (unpaired) electrons. The molecule has 0 amide bonds. The molecular formula is C18H15NO2S. The zero-order valence-electron chi connectivity index (χ0n) is 12.2. The number of fused-ring (bicyclic) bond motifs is 1. The average molecular weight is 309 g/mol. The Balaban J connectivity index is 2.02. The van der Waals surface area contributed by atoms with Gasteiger partial charge in [0.15, 0.2) is 0 Å². The molecule has 0 unspecified atom stereocenters. The summed E-state index contributed by atoms with van der Waals surface area (Å²) < 4.78 is 6.35. The number of benzene rings is 2. The third-order valence-corrected chi connectivity index (χ3v) is 4.44. The van der Waals surface area contributed by atoms with Crippen LogP contribution in [0.5, 0.6) is 5.75 Å². The Morgan fingerprint density at radius 2 is 2.14 bits per heavy atom. The Hall–Kier alpha value is -2.46. The predicted molar refractivity (Wildman–Crippen MR) is 90.3 cm³/mol. The third kappa shape index (κ3) is 2.78. The zero-order valence-corrected chi connectivity index (χ0v) is 13.0. The number of hydrogen-bond donors (Lipinski definition) is 0. The van der Waals surface area contributed by atoms with Crippen LogP contribution in [0.2, 0.25) is 0 Å². The number of rotatable bonds is 4. The van der Waals surface area contributed by atoms with Crippen LogP contribution in [-0.2, 0) is 11.2 Å². The maximum Gasteiger partial charge on any atom is 0.335 e. The van der Waals surface area contributed by atoms with Crippen molar-refractivity contribution in [2.75, 3.05) is 0 Å². The molecule has 2 aromatic carbocycles. The standard InChI is InChI=1S/C18H15NO2S/c1-3-12-11-13(21-17(20)4-2)9-10-14(12)18-19-15-7-5-6-8-16(15)22-18/h4-11H,2-3H2,1H3. The first-order valence-corrected chi connectivity index (χ1v) is 7.86. The van der Waals surface area contributed by atoms with Gasteiger partial charge in [-0.1, -0.05) is 25.6 Å². The Kier molecular flexibility index (Phi) is 4.02. The van der Waals surface area contributed by atoms with Gasteiger partial charge in [-0.05, 0) is 42.3 Å². The minimum absolute atomic E-state index is 0.449. The Morgan fingerprint density at radius 1 is 1.32 bits per heavy atom. The smallest absolute Gasteiger partial charge is 0.335 e. The largest absolute Gasteiger partial charge is 0.423 e. The summed E-state index contributed by atoms with van der Waals surface area (Å²) in [7, 11) is 0. The highest BCUT2D eigenvalue weighted by Crippen LogP contribution is 2.34. The van der Waals surface area contributed by atoms with E-state index in [0.717, 1.165) is 34.1 Å². The van der Waals surface area contributed by atoms with Gasteiger partial charge in [-0.2, -0.15) is 0 Å². The summed E-state index contributed by atoms with van der Waals surface area (Å²) in [5.41, 5.74) is 3.20. The number of para-hydroxylation sites is 1. The maximum atomic E-state index is 11.3. The summed E-state index contributed by atoms with van der Waals surface area (Å²) in [5.74, 6) is 0.0846. The van der Waals surface area contributed by atoms with Gasteiger partial charge in [-0.3, -0.25) is 0 Å². The minimum atomic E-state index is -0.449. The van der Waals surface area contributed by atoms with Crippen LogP contribution in [0.15, 0.2) is 55.1 Å². The first-order valence-electron chi connectivity index (χ1n) is 7.04. The van der Waals surface area contributed by atoms with Crippen molar-refractivity contribution < 1.29 is 9.53 Å². The number of aryl methyl sites for hydroxylation is 1. The lowest BCUT2D eigenvalue weighted by atomic mass is 10.1. The second-order valence-electron chi connectivity index (χ2n) is 4.78. The van der Waals surface area contributed by atoms with Crippen molar-refractivity contribution in [3.05, 3.63) is 60.7 Å². The molecule has 110 valence electrons. The van der Waals surface area contributed by atoms with Crippen molar-refractivity contribution in [2.24, 2.45) is 0 Å². The van der Waals surface area contributed by atoms with Gasteiger partial charge in [0, 0.05) is 11.6 Å². The van der Waals surface area contributed by atoms with Crippen molar-refractivity contribution in [3.63, 3.8) is 0 Å². The van der Waals surface area contributed by atoms with E-state index in [1.807, 2.05) is 30.3 Å². The van der Waals surface area contributed by atoms with E-state index < -0.39 is 5.97 Å². The molecule has 0 saturated heterocycles. The number of thiazole rings is 1. The van der Waals surface area contributed by atoms with E-state index in [2.05, 4.69) is 19.6 Å². The molecule has 1 heterocycles. The lowest BCUT2D eigenvalue weighted by Crippen LogP contribution is -2.03. The molecule has 3 rings (SSSR count). The molecule has 4 heteroatoms. The molecule has 0 aliphatic carbocycles. The number of esters is 1. The summed E-state index contributed by atoms with van der Waals surface area (Å²) in [6.07, 6.45) is 2.00. The predicted octanol–water partition coefficient (Wildman–Crippen LogP) is 4.62. The van der Waals surface area contributed by atoms with E-state index in [0.29, 0.717) is 5.75 Å².